The first-order chi connectivity index (χ1) is 22.4. The van der Waals surface area contributed by atoms with Crippen molar-refractivity contribution >= 4 is 39.1 Å². The SMILES string of the molecule is Cc1ccc2nc(-c3ccc(NCCC(=O)NCCOCCOCCOCCOCCC(=O)On4c(O)ccc4O)cc3)sc2c1. The molecule has 4 aromatic rings. The Kier molecular flexibility index (Phi) is 14.1. The van der Waals surface area contributed by atoms with Crippen LogP contribution in [0.3, 0.4) is 0 Å². The van der Waals surface area contributed by atoms with Gasteiger partial charge in [0.05, 0.1) is 69.5 Å². The van der Waals surface area contributed by atoms with Gasteiger partial charge < -0.3 is 44.6 Å². The molecular weight excluding hydrogens is 616 g/mol. The quantitative estimate of drug-likeness (QED) is 0.0971. The number of amides is 1. The van der Waals surface area contributed by atoms with Crippen molar-refractivity contribution in [2.45, 2.75) is 19.8 Å². The maximum Gasteiger partial charge on any atom is 0.335 e. The van der Waals surface area contributed by atoms with Crippen LogP contribution in [0.2, 0.25) is 0 Å². The van der Waals surface area contributed by atoms with Crippen LogP contribution >= 0.6 is 11.3 Å². The summed E-state index contributed by atoms with van der Waals surface area (Å²) in [5.74, 6) is -1.47. The zero-order valence-corrected chi connectivity index (χ0v) is 26.6. The summed E-state index contributed by atoms with van der Waals surface area (Å²) >= 11 is 1.68. The molecule has 0 fully saturated rings. The fourth-order valence-electron chi connectivity index (χ4n) is 4.12. The highest BCUT2D eigenvalue weighted by Gasteiger charge is 2.12. The number of ether oxygens (including phenoxy) is 4. The maximum absolute atomic E-state index is 12.1. The number of fused-ring (bicyclic) bond motifs is 1. The number of thiazole rings is 1. The van der Waals surface area contributed by atoms with Crippen LogP contribution in [-0.2, 0) is 28.5 Å². The summed E-state index contributed by atoms with van der Waals surface area (Å²) in [5.41, 5.74) is 4.25. The van der Waals surface area contributed by atoms with Gasteiger partial charge in [0.15, 0.2) is 0 Å². The first kappa shape index (κ1) is 34.7. The molecule has 0 atom stereocenters. The Labute approximate surface area is 271 Å². The molecule has 0 saturated carbocycles. The number of carbonyl (C=O) groups excluding carboxylic acids is 2. The summed E-state index contributed by atoms with van der Waals surface area (Å²) in [6, 6.07) is 16.8. The number of carbonyl (C=O) groups is 2. The highest BCUT2D eigenvalue weighted by atomic mass is 32.1. The zero-order chi connectivity index (χ0) is 32.6. The highest BCUT2D eigenvalue weighted by Crippen LogP contribution is 2.31. The van der Waals surface area contributed by atoms with Crippen LogP contribution in [-0.4, -0.2) is 97.7 Å². The van der Waals surface area contributed by atoms with Crippen molar-refractivity contribution in [3.63, 3.8) is 0 Å². The Bertz CT molecular complexity index is 1500. The molecule has 0 radical (unpaired) electrons. The first-order valence-corrected chi connectivity index (χ1v) is 15.8. The largest absolute Gasteiger partial charge is 0.492 e. The van der Waals surface area contributed by atoms with Gasteiger partial charge in [0, 0.05) is 42.9 Å². The fraction of sp³-hybridized carbons (Fsp3) is 0.406. The molecule has 1 amide bonds. The third kappa shape index (κ3) is 11.6. The van der Waals surface area contributed by atoms with Gasteiger partial charge >= 0.3 is 5.97 Å². The second-order valence-electron chi connectivity index (χ2n) is 10.1. The lowest BCUT2D eigenvalue weighted by molar-refractivity contribution is -0.146. The highest BCUT2D eigenvalue weighted by molar-refractivity contribution is 7.21. The van der Waals surface area contributed by atoms with Crippen molar-refractivity contribution in [1.29, 1.82) is 0 Å². The van der Waals surface area contributed by atoms with Crippen LogP contribution < -0.4 is 15.5 Å². The van der Waals surface area contributed by atoms with E-state index in [1.807, 2.05) is 24.3 Å². The number of anilines is 1. The average Bonchev–Trinajstić information content (AvgIpc) is 3.61. The van der Waals surface area contributed by atoms with E-state index in [1.165, 1.54) is 22.4 Å². The molecule has 0 unspecified atom stereocenters. The molecule has 2 aromatic carbocycles. The zero-order valence-electron chi connectivity index (χ0n) is 25.7. The number of hydrogen-bond donors (Lipinski definition) is 4. The molecule has 4 rings (SSSR count). The molecule has 0 spiro atoms. The predicted molar refractivity (Wildman–Crippen MR) is 173 cm³/mol. The van der Waals surface area contributed by atoms with Gasteiger partial charge in [-0.15, -0.1) is 16.1 Å². The average molecular weight is 657 g/mol. The van der Waals surface area contributed by atoms with E-state index in [4.69, 9.17) is 28.8 Å². The van der Waals surface area contributed by atoms with Gasteiger partial charge in [-0.1, -0.05) is 6.07 Å². The third-order valence-electron chi connectivity index (χ3n) is 6.48. The normalized spacial score (nSPS) is 11.2. The molecule has 4 N–H and O–H groups in total. The molecule has 248 valence electrons. The molecule has 0 aliphatic carbocycles. The van der Waals surface area contributed by atoms with Gasteiger partial charge in [0.1, 0.15) is 5.01 Å². The summed E-state index contributed by atoms with van der Waals surface area (Å²) < 4.78 is 23.4. The van der Waals surface area contributed by atoms with Crippen molar-refractivity contribution in [2.75, 3.05) is 71.3 Å². The number of benzene rings is 2. The number of nitrogens with one attached hydrogen (secondary N) is 2. The monoisotopic (exact) mass is 656 g/mol. The second-order valence-corrected chi connectivity index (χ2v) is 11.1. The molecule has 0 bridgehead atoms. The van der Waals surface area contributed by atoms with Gasteiger partial charge in [0.2, 0.25) is 17.7 Å². The smallest absolute Gasteiger partial charge is 0.335 e. The summed E-state index contributed by atoms with van der Waals surface area (Å²) in [7, 11) is 0. The molecule has 13 nitrogen and oxygen atoms in total. The molecule has 2 heterocycles. The molecule has 0 aliphatic heterocycles. The molecule has 46 heavy (non-hydrogen) atoms. The van der Waals surface area contributed by atoms with Gasteiger partial charge in [-0.3, -0.25) is 4.79 Å². The van der Waals surface area contributed by atoms with E-state index in [-0.39, 0.29) is 37.3 Å². The van der Waals surface area contributed by atoms with Crippen LogP contribution in [0.1, 0.15) is 18.4 Å². The van der Waals surface area contributed by atoms with Crippen molar-refractivity contribution in [3.8, 4) is 22.3 Å². The van der Waals surface area contributed by atoms with Crippen LogP contribution in [0, 0.1) is 6.92 Å². The lowest BCUT2D eigenvalue weighted by atomic mass is 10.2. The third-order valence-corrected chi connectivity index (χ3v) is 7.55. The Morgan fingerprint density at radius 3 is 2.09 bits per heavy atom. The van der Waals surface area contributed by atoms with Gasteiger partial charge in [-0.2, -0.15) is 0 Å². The molecule has 2 aromatic heterocycles. The predicted octanol–water partition coefficient (Wildman–Crippen LogP) is 3.51. The standard InChI is InChI=1S/C32H40N4O9S/c1-23-2-7-26-27(22-23)46-32(35-26)24-3-5-25(6-4-24)33-12-10-28(37)34-13-15-42-17-19-44-21-20-43-18-16-41-14-11-31(40)45-36-29(38)8-9-30(36)39/h2-9,22,33,38-39H,10-21H2,1H3,(H,34,37). The molecule has 14 heteroatoms. The van der Waals surface area contributed by atoms with E-state index < -0.39 is 5.97 Å². The lowest BCUT2D eigenvalue weighted by Crippen LogP contribution is -2.29. The van der Waals surface area contributed by atoms with Gasteiger partial charge in [-0.25, -0.2) is 9.78 Å². The van der Waals surface area contributed by atoms with Gasteiger partial charge in [0.25, 0.3) is 0 Å². The number of aromatic hydroxyl groups is 2. The minimum atomic E-state index is -0.664. The van der Waals surface area contributed by atoms with Crippen molar-refractivity contribution in [2.24, 2.45) is 0 Å². The van der Waals surface area contributed by atoms with Crippen molar-refractivity contribution in [1.82, 2.24) is 15.0 Å². The summed E-state index contributed by atoms with van der Waals surface area (Å²) in [4.78, 5) is 33.3. The van der Waals surface area contributed by atoms with Crippen molar-refractivity contribution < 1.29 is 43.6 Å². The van der Waals surface area contributed by atoms with Crippen LogP contribution in [0.5, 0.6) is 11.8 Å². The minimum Gasteiger partial charge on any atom is -0.492 e. The molecule has 0 saturated heterocycles. The Balaban J connectivity index is 0.913. The molecule has 0 aliphatic rings. The van der Waals surface area contributed by atoms with E-state index in [0.717, 1.165) is 21.8 Å². The number of rotatable bonds is 21. The number of aromatic nitrogens is 2. The van der Waals surface area contributed by atoms with Crippen LogP contribution in [0.4, 0.5) is 5.69 Å². The van der Waals surface area contributed by atoms with E-state index in [2.05, 4.69) is 35.8 Å². The topological polar surface area (TPSA) is 163 Å². The lowest BCUT2D eigenvalue weighted by Gasteiger charge is -2.09. The Hall–Kier alpha value is -4.21. The molecular formula is C32H40N4O9S. The van der Waals surface area contributed by atoms with Crippen LogP contribution in [0.25, 0.3) is 20.8 Å². The number of hydrogen-bond acceptors (Lipinski definition) is 12. The van der Waals surface area contributed by atoms with Crippen molar-refractivity contribution in [3.05, 3.63) is 60.2 Å². The van der Waals surface area contributed by atoms with Crippen LogP contribution in [0.15, 0.2) is 54.6 Å². The minimum absolute atomic E-state index is 0.0488. The van der Waals surface area contributed by atoms with E-state index in [0.29, 0.717) is 63.9 Å². The maximum atomic E-state index is 12.1. The first-order valence-electron chi connectivity index (χ1n) is 15.0. The Morgan fingerprint density at radius 1 is 0.783 bits per heavy atom. The number of nitrogens with zero attached hydrogens (tertiary/aromatic N) is 2. The summed E-state index contributed by atoms with van der Waals surface area (Å²) in [6.07, 6.45) is 0.300. The van der Waals surface area contributed by atoms with E-state index in [1.54, 1.807) is 11.3 Å². The second kappa shape index (κ2) is 18.7. The van der Waals surface area contributed by atoms with Gasteiger partial charge in [-0.05, 0) is 48.9 Å². The Morgan fingerprint density at radius 2 is 1.41 bits per heavy atom. The summed E-state index contributed by atoms with van der Waals surface area (Å²) in [6.45, 7) is 5.74. The van der Waals surface area contributed by atoms with E-state index in [9.17, 15) is 19.8 Å². The number of aryl methyl sites for hydroxylation is 1. The summed E-state index contributed by atoms with van der Waals surface area (Å²) in [5, 5.41) is 26.0. The fourth-order valence-corrected chi connectivity index (χ4v) is 5.19. The van der Waals surface area contributed by atoms with E-state index >= 15 is 0 Å².